The highest BCUT2D eigenvalue weighted by molar-refractivity contribution is 5.77. The summed E-state index contributed by atoms with van der Waals surface area (Å²) in [6.07, 6.45) is 1.60. The molecule has 0 saturated heterocycles. The van der Waals surface area contributed by atoms with E-state index in [0.717, 1.165) is 0 Å². The monoisotopic (exact) mass is 199 g/mol. The molecule has 3 N–H and O–H groups in total. The molecule has 0 saturated carbocycles. The van der Waals surface area contributed by atoms with E-state index in [4.69, 9.17) is 5.73 Å². The van der Waals surface area contributed by atoms with Crippen LogP contribution < -0.4 is 11.1 Å². The summed E-state index contributed by atoms with van der Waals surface area (Å²) in [7, 11) is 0. The average Bonchev–Trinajstić information content (AvgIpc) is 2.03. The van der Waals surface area contributed by atoms with Gasteiger partial charge in [-0.1, -0.05) is 6.58 Å². The number of amides is 3. The molecule has 0 rings (SSSR count). The third-order valence-electron chi connectivity index (χ3n) is 1.64. The Morgan fingerprint density at radius 1 is 1.57 bits per heavy atom. The Kier molecular flexibility index (Phi) is 5.36. The molecule has 5 nitrogen and oxygen atoms in total. The number of primary amides is 1. The summed E-state index contributed by atoms with van der Waals surface area (Å²) < 4.78 is 0. The molecule has 14 heavy (non-hydrogen) atoms. The Bertz CT molecular complexity index is 226. The number of carbonyl (C=O) groups excluding carboxylic acids is 2. The SMILES string of the molecule is C=CN(C(=O)NCCC(N)=O)C(C)C. The minimum absolute atomic E-state index is 0.0427. The van der Waals surface area contributed by atoms with Gasteiger partial charge in [0, 0.05) is 25.2 Å². The summed E-state index contributed by atoms with van der Waals surface area (Å²) in [5.74, 6) is -0.431. The van der Waals surface area contributed by atoms with E-state index in [9.17, 15) is 9.59 Å². The number of nitrogens with one attached hydrogen (secondary N) is 1. The van der Waals surface area contributed by atoms with Gasteiger partial charge in [0.1, 0.15) is 0 Å². The molecule has 0 spiro atoms. The molecule has 0 heterocycles. The largest absolute Gasteiger partial charge is 0.370 e. The van der Waals surface area contributed by atoms with Gasteiger partial charge in [-0.05, 0) is 13.8 Å². The lowest BCUT2D eigenvalue weighted by Crippen LogP contribution is -2.41. The van der Waals surface area contributed by atoms with Crippen molar-refractivity contribution in [1.29, 1.82) is 0 Å². The predicted molar refractivity (Wildman–Crippen MR) is 54.4 cm³/mol. The fraction of sp³-hybridized carbons (Fsp3) is 0.556. The molecule has 0 aliphatic carbocycles. The van der Waals surface area contributed by atoms with Crippen LogP contribution in [0.2, 0.25) is 0 Å². The fourth-order valence-electron chi connectivity index (χ4n) is 0.912. The van der Waals surface area contributed by atoms with E-state index in [0.29, 0.717) is 0 Å². The average molecular weight is 199 g/mol. The summed E-state index contributed by atoms with van der Waals surface area (Å²) in [4.78, 5) is 23.2. The van der Waals surface area contributed by atoms with Crippen LogP contribution in [0, 0.1) is 0 Å². The molecule has 80 valence electrons. The van der Waals surface area contributed by atoms with Crippen LogP contribution in [-0.4, -0.2) is 29.4 Å². The van der Waals surface area contributed by atoms with Crippen LogP contribution in [0.25, 0.3) is 0 Å². The number of urea groups is 1. The summed E-state index contributed by atoms with van der Waals surface area (Å²) in [5, 5.41) is 2.56. The predicted octanol–water partition coefficient (Wildman–Crippen LogP) is 0.425. The van der Waals surface area contributed by atoms with Crippen LogP contribution >= 0.6 is 0 Å². The lowest BCUT2D eigenvalue weighted by molar-refractivity contribution is -0.117. The highest BCUT2D eigenvalue weighted by atomic mass is 16.2. The van der Waals surface area contributed by atoms with Crippen molar-refractivity contribution in [1.82, 2.24) is 10.2 Å². The van der Waals surface area contributed by atoms with E-state index >= 15 is 0 Å². The van der Waals surface area contributed by atoms with E-state index in [1.807, 2.05) is 13.8 Å². The molecule has 0 bridgehead atoms. The minimum atomic E-state index is -0.431. The quantitative estimate of drug-likeness (QED) is 0.673. The van der Waals surface area contributed by atoms with Crippen LogP contribution in [0.3, 0.4) is 0 Å². The molecule has 0 atom stereocenters. The van der Waals surface area contributed by atoms with Gasteiger partial charge in [-0.3, -0.25) is 9.69 Å². The molecular formula is C9H17N3O2. The number of hydrogen-bond donors (Lipinski definition) is 2. The fourth-order valence-corrected chi connectivity index (χ4v) is 0.912. The molecule has 5 heteroatoms. The van der Waals surface area contributed by atoms with Gasteiger partial charge in [0.15, 0.2) is 0 Å². The topological polar surface area (TPSA) is 75.4 Å². The van der Waals surface area contributed by atoms with Gasteiger partial charge in [0.05, 0.1) is 0 Å². The third kappa shape index (κ3) is 4.49. The molecule has 0 aliphatic heterocycles. The standard InChI is InChI=1S/C9H17N3O2/c1-4-12(7(2)3)9(14)11-6-5-8(10)13/h4,7H,1,5-6H2,2-3H3,(H2,10,13)(H,11,14). The second kappa shape index (κ2) is 6.01. The third-order valence-corrected chi connectivity index (χ3v) is 1.64. The van der Waals surface area contributed by atoms with Crippen LogP contribution in [0.4, 0.5) is 4.79 Å². The van der Waals surface area contributed by atoms with E-state index in [-0.39, 0.29) is 25.0 Å². The molecule has 0 radical (unpaired) electrons. The summed E-state index contributed by atoms with van der Waals surface area (Å²) >= 11 is 0. The lowest BCUT2D eigenvalue weighted by atomic mass is 10.3. The van der Waals surface area contributed by atoms with Crippen molar-refractivity contribution in [3.63, 3.8) is 0 Å². The Labute approximate surface area is 83.9 Å². The van der Waals surface area contributed by atoms with E-state index in [1.54, 1.807) is 0 Å². The first-order chi connectivity index (χ1) is 6.49. The number of carbonyl (C=O) groups is 2. The van der Waals surface area contributed by atoms with E-state index in [2.05, 4.69) is 11.9 Å². The van der Waals surface area contributed by atoms with Crippen molar-refractivity contribution < 1.29 is 9.59 Å². The first-order valence-electron chi connectivity index (χ1n) is 4.46. The van der Waals surface area contributed by atoms with Crippen molar-refractivity contribution in [3.05, 3.63) is 12.8 Å². The van der Waals surface area contributed by atoms with Gasteiger partial charge in [-0.25, -0.2) is 4.79 Å². The number of nitrogens with two attached hydrogens (primary N) is 1. The smallest absolute Gasteiger partial charge is 0.321 e. The van der Waals surface area contributed by atoms with Crippen molar-refractivity contribution in [2.75, 3.05) is 6.54 Å². The highest BCUT2D eigenvalue weighted by Gasteiger charge is 2.12. The number of nitrogens with zero attached hydrogens (tertiary/aromatic N) is 1. The molecule has 0 aromatic carbocycles. The van der Waals surface area contributed by atoms with Crippen LogP contribution in [0.1, 0.15) is 20.3 Å². The molecule has 3 amide bonds. The molecule has 0 aromatic rings. The van der Waals surface area contributed by atoms with Crippen LogP contribution in [0.5, 0.6) is 0 Å². The second-order valence-corrected chi connectivity index (χ2v) is 3.13. The van der Waals surface area contributed by atoms with Gasteiger partial charge < -0.3 is 11.1 Å². The maximum Gasteiger partial charge on any atom is 0.321 e. The zero-order valence-electron chi connectivity index (χ0n) is 8.62. The second-order valence-electron chi connectivity index (χ2n) is 3.13. The van der Waals surface area contributed by atoms with Gasteiger partial charge in [-0.15, -0.1) is 0 Å². The molecule has 0 unspecified atom stereocenters. The normalized spacial score (nSPS) is 9.64. The Morgan fingerprint density at radius 3 is 2.50 bits per heavy atom. The van der Waals surface area contributed by atoms with Crippen molar-refractivity contribution in [2.24, 2.45) is 5.73 Å². The van der Waals surface area contributed by atoms with Crippen LogP contribution in [-0.2, 0) is 4.79 Å². The molecular weight excluding hydrogens is 182 g/mol. The lowest BCUT2D eigenvalue weighted by Gasteiger charge is -2.22. The Balaban J connectivity index is 3.93. The summed E-state index contributed by atoms with van der Waals surface area (Å²) in [5.41, 5.74) is 4.92. The number of hydrogen-bond acceptors (Lipinski definition) is 2. The zero-order chi connectivity index (χ0) is 11.1. The maximum absolute atomic E-state index is 11.4. The summed E-state index contributed by atoms with van der Waals surface area (Å²) in [6.45, 7) is 7.52. The van der Waals surface area contributed by atoms with Gasteiger partial charge in [0.2, 0.25) is 5.91 Å². The molecule has 0 aromatic heterocycles. The van der Waals surface area contributed by atoms with Crippen molar-refractivity contribution in [2.45, 2.75) is 26.3 Å². The minimum Gasteiger partial charge on any atom is -0.370 e. The maximum atomic E-state index is 11.4. The van der Waals surface area contributed by atoms with Crippen molar-refractivity contribution >= 4 is 11.9 Å². The van der Waals surface area contributed by atoms with Gasteiger partial charge in [-0.2, -0.15) is 0 Å². The number of rotatable bonds is 5. The first kappa shape index (κ1) is 12.5. The van der Waals surface area contributed by atoms with Gasteiger partial charge in [0.25, 0.3) is 0 Å². The Morgan fingerprint density at radius 2 is 2.14 bits per heavy atom. The first-order valence-corrected chi connectivity index (χ1v) is 4.46. The highest BCUT2D eigenvalue weighted by Crippen LogP contribution is 1.98. The van der Waals surface area contributed by atoms with E-state index < -0.39 is 5.91 Å². The van der Waals surface area contributed by atoms with Gasteiger partial charge >= 0.3 is 6.03 Å². The van der Waals surface area contributed by atoms with Crippen LogP contribution in [0.15, 0.2) is 12.8 Å². The Hall–Kier alpha value is -1.52. The summed E-state index contributed by atoms with van der Waals surface area (Å²) in [6, 6.07) is -0.225. The zero-order valence-corrected chi connectivity index (χ0v) is 8.62. The molecule has 0 aliphatic rings. The molecule has 0 fully saturated rings. The van der Waals surface area contributed by atoms with Crippen molar-refractivity contribution in [3.8, 4) is 0 Å². The van der Waals surface area contributed by atoms with E-state index in [1.165, 1.54) is 11.1 Å².